The van der Waals surface area contributed by atoms with Gasteiger partial charge in [0.25, 0.3) is 0 Å². The molecule has 0 fully saturated rings. The van der Waals surface area contributed by atoms with E-state index in [4.69, 9.17) is 16.3 Å². The number of benzene rings is 2. The molecule has 2 N–H and O–H groups in total. The lowest BCUT2D eigenvalue weighted by atomic mass is 9.97. The summed E-state index contributed by atoms with van der Waals surface area (Å²) in [5.74, 6) is 1.31. The van der Waals surface area contributed by atoms with Gasteiger partial charge >= 0.3 is 0 Å². The van der Waals surface area contributed by atoms with Crippen LogP contribution in [0, 0.1) is 0 Å². The number of para-hydroxylation sites is 1. The average molecular weight is 645 g/mol. The Morgan fingerprint density at radius 1 is 1.08 bits per heavy atom. The summed E-state index contributed by atoms with van der Waals surface area (Å²) in [6, 6.07) is 10.9. The van der Waals surface area contributed by atoms with E-state index in [0.29, 0.717) is 23.2 Å². The number of nitrogens with zero attached hydrogens (tertiary/aromatic N) is 3. The van der Waals surface area contributed by atoms with E-state index in [0.717, 1.165) is 29.7 Å². The second-order valence-corrected chi connectivity index (χ2v) is 12.5. The maximum absolute atomic E-state index is 12.8. The molecular weight excluding hydrogens is 613 g/mol. The van der Waals surface area contributed by atoms with Crippen LogP contribution in [0.4, 0.5) is 23.1 Å². The molecule has 3 aromatic rings. The predicted molar refractivity (Wildman–Crippen MR) is 155 cm³/mol. The molecule has 0 atom stereocenters. The van der Waals surface area contributed by atoms with Gasteiger partial charge in [-0.2, -0.15) is 4.98 Å². The van der Waals surface area contributed by atoms with Gasteiger partial charge in [-0.05, 0) is 43.7 Å². The number of halogens is 2. The van der Waals surface area contributed by atoms with Gasteiger partial charge in [-0.15, -0.1) is 24.0 Å². The standard InChI is InChI=1S/C25H31ClN5O3S.HI/c1-16(2)35(32,33)23-9-7-6-8-20(23)28-24-19(26)14-27-25(30-24)29-21-12-17-10-11-31(3,4)15-18(17)13-22(21)34-5;/h6-9,12-14,16H,10-11,15H2,1-5H3,(H2,27,28,29,30);1H/q+1;. The lowest BCUT2D eigenvalue weighted by molar-refractivity contribution is -0.905. The van der Waals surface area contributed by atoms with Crippen molar-refractivity contribution in [3.05, 3.63) is 58.7 Å². The Hall–Kier alpha value is -2.15. The van der Waals surface area contributed by atoms with Crippen LogP contribution in [0.5, 0.6) is 5.75 Å². The number of aromatic nitrogens is 2. The van der Waals surface area contributed by atoms with Crippen molar-refractivity contribution < 1.29 is 17.6 Å². The summed E-state index contributed by atoms with van der Waals surface area (Å²) in [4.78, 5) is 9.03. The van der Waals surface area contributed by atoms with Crippen LogP contribution >= 0.6 is 35.6 Å². The first-order valence-corrected chi connectivity index (χ1v) is 13.3. The zero-order valence-corrected chi connectivity index (χ0v) is 24.9. The number of fused-ring (bicyclic) bond motifs is 1. The first kappa shape index (κ1) is 28.4. The Kier molecular flexibility index (Phi) is 8.74. The number of ether oxygens (including phenoxy) is 1. The Balaban J connectivity index is 0.00000361. The van der Waals surface area contributed by atoms with Crippen molar-refractivity contribution in [2.45, 2.75) is 37.0 Å². The van der Waals surface area contributed by atoms with Gasteiger partial charge < -0.3 is 19.9 Å². The lowest BCUT2D eigenvalue weighted by Gasteiger charge is -2.35. The van der Waals surface area contributed by atoms with Gasteiger partial charge in [0, 0.05) is 12.0 Å². The van der Waals surface area contributed by atoms with E-state index in [-0.39, 0.29) is 33.9 Å². The topological polar surface area (TPSA) is 93.2 Å². The van der Waals surface area contributed by atoms with E-state index in [1.165, 1.54) is 17.3 Å². The van der Waals surface area contributed by atoms with Crippen molar-refractivity contribution >= 4 is 68.6 Å². The van der Waals surface area contributed by atoms with Crippen LogP contribution in [0.2, 0.25) is 5.02 Å². The van der Waals surface area contributed by atoms with Crippen LogP contribution in [-0.2, 0) is 22.8 Å². The van der Waals surface area contributed by atoms with Crippen LogP contribution in [0.1, 0.15) is 25.0 Å². The summed E-state index contributed by atoms with van der Waals surface area (Å²) in [6.45, 7) is 5.30. The van der Waals surface area contributed by atoms with Crippen LogP contribution in [0.25, 0.3) is 0 Å². The minimum atomic E-state index is -3.51. The number of nitrogens with one attached hydrogen (secondary N) is 2. The van der Waals surface area contributed by atoms with E-state index in [1.807, 2.05) is 0 Å². The van der Waals surface area contributed by atoms with Crippen molar-refractivity contribution in [3.8, 4) is 5.75 Å². The third-order valence-corrected chi connectivity index (χ3v) is 8.65. The molecule has 36 heavy (non-hydrogen) atoms. The molecule has 0 amide bonds. The third-order valence-electron chi connectivity index (χ3n) is 6.16. The summed E-state index contributed by atoms with van der Waals surface area (Å²) in [5, 5.41) is 6.02. The molecule has 0 spiro atoms. The second-order valence-electron chi connectivity index (χ2n) is 9.62. The molecule has 0 aliphatic carbocycles. The average Bonchev–Trinajstić information content (AvgIpc) is 2.80. The lowest BCUT2D eigenvalue weighted by Crippen LogP contribution is -2.43. The summed E-state index contributed by atoms with van der Waals surface area (Å²) >= 11 is 6.37. The Labute approximate surface area is 235 Å². The molecule has 8 nitrogen and oxygen atoms in total. The predicted octanol–water partition coefficient (Wildman–Crippen LogP) is 5.56. The molecule has 1 aromatic heterocycles. The Morgan fingerprint density at radius 3 is 2.50 bits per heavy atom. The molecule has 194 valence electrons. The fraction of sp³-hybridized carbons (Fsp3) is 0.360. The molecule has 11 heteroatoms. The van der Waals surface area contributed by atoms with Crippen molar-refractivity contribution in [2.75, 3.05) is 38.4 Å². The second kappa shape index (κ2) is 11.1. The smallest absolute Gasteiger partial charge is 0.229 e. The summed E-state index contributed by atoms with van der Waals surface area (Å²) in [7, 11) is 2.58. The fourth-order valence-corrected chi connectivity index (χ4v) is 5.45. The SMILES string of the molecule is COc1cc2c(cc1Nc1ncc(Cl)c(Nc3ccccc3S(=O)(=O)C(C)C)n1)CC[N+](C)(C)C2.I. The van der Waals surface area contributed by atoms with Gasteiger partial charge in [-0.25, -0.2) is 13.4 Å². The molecule has 0 bridgehead atoms. The van der Waals surface area contributed by atoms with E-state index < -0.39 is 15.1 Å². The van der Waals surface area contributed by atoms with Crippen LogP contribution in [-0.4, -0.2) is 55.9 Å². The fourth-order valence-electron chi connectivity index (χ4n) is 4.11. The minimum absolute atomic E-state index is 0. The highest BCUT2D eigenvalue weighted by Crippen LogP contribution is 2.35. The highest BCUT2D eigenvalue weighted by Gasteiger charge is 2.26. The molecule has 0 unspecified atom stereocenters. The highest BCUT2D eigenvalue weighted by molar-refractivity contribution is 14.0. The summed E-state index contributed by atoms with van der Waals surface area (Å²) < 4.78 is 32.2. The molecule has 4 rings (SSSR count). The highest BCUT2D eigenvalue weighted by atomic mass is 127. The first-order valence-electron chi connectivity index (χ1n) is 11.4. The van der Waals surface area contributed by atoms with Crippen LogP contribution in [0.15, 0.2) is 47.5 Å². The summed E-state index contributed by atoms with van der Waals surface area (Å²) in [6.07, 6.45) is 2.44. The number of rotatable bonds is 7. The molecule has 1 aliphatic heterocycles. The molecular formula is C25H32ClIN5O3S+. The van der Waals surface area contributed by atoms with Crippen molar-refractivity contribution in [1.29, 1.82) is 0 Å². The van der Waals surface area contributed by atoms with E-state index in [9.17, 15) is 8.42 Å². The Bertz CT molecular complexity index is 1370. The number of hydrogen-bond acceptors (Lipinski definition) is 7. The monoisotopic (exact) mass is 644 g/mol. The number of likely N-dealkylation sites (N-methyl/N-ethyl adjacent to an activating group) is 1. The number of hydrogen-bond donors (Lipinski definition) is 2. The van der Waals surface area contributed by atoms with Crippen molar-refractivity contribution in [1.82, 2.24) is 9.97 Å². The zero-order valence-electron chi connectivity index (χ0n) is 21.0. The maximum Gasteiger partial charge on any atom is 0.229 e. The van der Waals surface area contributed by atoms with E-state index in [2.05, 4.69) is 46.8 Å². The van der Waals surface area contributed by atoms with Gasteiger partial charge in [0.2, 0.25) is 5.95 Å². The quantitative estimate of drug-likeness (QED) is 0.257. The van der Waals surface area contributed by atoms with Crippen molar-refractivity contribution in [3.63, 3.8) is 0 Å². The minimum Gasteiger partial charge on any atom is -0.495 e. The maximum atomic E-state index is 12.8. The number of quaternary nitrogens is 1. The van der Waals surface area contributed by atoms with E-state index in [1.54, 1.807) is 45.2 Å². The van der Waals surface area contributed by atoms with Gasteiger partial charge in [-0.1, -0.05) is 23.7 Å². The van der Waals surface area contributed by atoms with Gasteiger partial charge in [0.05, 0.1) is 55.5 Å². The van der Waals surface area contributed by atoms with Gasteiger partial charge in [-0.3, -0.25) is 0 Å². The molecule has 2 aromatic carbocycles. The molecule has 2 heterocycles. The van der Waals surface area contributed by atoms with E-state index >= 15 is 0 Å². The molecule has 1 aliphatic rings. The Morgan fingerprint density at radius 2 is 1.81 bits per heavy atom. The van der Waals surface area contributed by atoms with Crippen LogP contribution < -0.4 is 15.4 Å². The number of anilines is 4. The molecule has 0 saturated carbocycles. The number of methoxy groups -OCH3 is 1. The normalized spacial score (nSPS) is 14.5. The number of sulfone groups is 1. The van der Waals surface area contributed by atoms with Crippen LogP contribution in [0.3, 0.4) is 0 Å². The van der Waals surface area contributed by atoms with Gasteiger partial charge in [0.1, 0.15) is 17.3 Å². The first-order chi connectivity index (χ1) is 16.5. The van der Waals surface area contributed by atoms with Crippen molar-refractivity contribution in [2.24, 2.45) is 0 Å². The zero-order chi connectivity index (χ0) is 25.4. The largest absolute Gasteiger partial charge is 0.495 e. The molecule has 0 radical (unpaired) electrons. The van der Waals surface area contributed by atoms with Gasteiger partial charge in [0.15, 0.2) is 15.7 Å². The molecule has 0 saturated heterocycles. The third kappa shape index (κ3) is 6.04. The summed E-state index contributed by atoms with van der Waals surface area (Å²) in [5.41, 5.74) is 3.70.